The van der Waals surface area contributed by atoms with Crippen LogP contribution in [0.2, 0.25) is 0 Å². The third-order valence-electron chi connectivity index (χ3n) is 7.09. The first-order chi connectivity index (χ1) is 19.2. The molecule has 1 aliphatic heterocycles. The number of nitrogens with zero attached hydrogens (tertiary/aromatic N) is 2. The van der Waals surface area contributed by atoms with Gasteiger partial charge in [-0.25, -0.2) is 14.5 Å². The average molecular weight is 562 g/mol. The predicted octanol–water partition coefficient (Wildman–Crippen LogP) is 5.28. The SMILES string of the molecule is CCOC(=O)c1c(-n2c(C)cc(/C=C3/C(=O)NC(=O)N(c4cccc(OCC)c4)C3=O)c2C)sc2c1CCCC2. The summed E-state index contributed by atoms with van der Waals surface area (Å²) >= 11 is 1.59. The highest BCUT2D eigenvalue weighted by Crippen LogP contribution is 2.39. The minimum atomic E-state index is -0.825. The number of aromatic nitrogens is 1. The topological polar surface area (TPSA) is 107 Å². The lowest BCUT2D eigenvalue weighted by Crippen LogP contribution is -2.54. The van der Waals surface area contributed by atoms with Crippen molar-refractivity contribution in [2.24, 2.45) is 0 Å². The number of barbiturate groups is 1. The third-order valence-corrected chi connectivity index (χ3v) is 8.37. The molecule has 208 valence electrons. The van der Waals surface area contributed by atoms with E-state index in [1.54, 1.807) is 42.5 Å². The standard InChI is InChI=1S/C30H31N3O6S/c1-5-38-21-11-9-10-20(16-21)33-27(35)23(26(34)31-30(33)37)15-19-14-17(3)32(18(19)4)28-25(29(36)39-6-2)22-12-7-8-13-24(22)40-28/h9-11,14-16H,5-8,12-13H2,1-4H3,(H,31,34,37)/b23-15-. The number of hydrogen-bond donors (Lipinski definition) is 1. The van der Waals surface area contributed by atoms with E-state index in [9.17, 15) is 19.2 Å². The average Bonchev–Trinajstić information content (AvgIpc) is 3.42. The van der Waals surface area contributed by atoms with E-state index in [1.165, 1.54) is 11.0 Å². The molecule has 1 aromatic carbocycles. The first-order valence-corrected chi connectivity index (χ1v) is 14.2. The molecule has 2 aliphatic rings. The second-order valence-electron chi connectivity index (χ2n) is 9.66. The number of benzene rings is 1. The molecule has 0 spiro atoms. The maximum absolute atomic E-state index is 13.5. The van der Waals surface area contributed by atoms with Crippen molar-refractivity contribution in [2.45, 2.75) is 53.4 Å². The van der Waals surface area contributed by atoms with Crippen molar-refractivity contribution >= 4 is 46.9 Å². The predicted molar refractivity (Wildman–Crippen MR) is 152 cm³/mol. The summed E-state index contributed by atoms with van der Waals surface area (Å²) in [6.45, 7) is 8.13. The smallest absolute Gasteiger partial charge is 0.341 e. The van der Waals surface area contributed by atoms with Crippen LogP contribution in [-0.2, 0) is 27.2 Å². The number of esters is 1. The Labute approximate surface area is 236 Å². The van der Waals surface area contributed by atoms with Crippen molar-refractivity contribution in [1.29, 1.82) is 0 Å². The number of urea groups is 1. The normalized spacial score (nSPS) is 16.2. The summed E-state index contributed by atoms with van der Waals surface area (Å²) in [6.07, 6.45) is 5.36. The summed E-state index contributed by atoms with van der Waals surface area (Å²) in [6, 6.07) is 7.63. The number of aryl methyl sites for hydroxylation is 2. The molecule has 9 nitrogen and oxygen atoms in total. The van der Waals surface area contributed by atoms with E-state index < -0.39 is 17.8 Å². The lowest BCUT2D eigenvalue weighted by molar-refractivity contribution is -0.122. The Morgan fingerprint density at radius 3 is 2.60 bits per heavy atom. The van der Waals surface area contributed by atoms with Gasteiger partial charge in [0.1, 0.15) is 16.3 Å². The zero-order valence-corrected chi connectivity index (χ0v) is 23.8. The summed E-state index contributed by atoms with van der Waals surface area (Å²) in [5.41, 5.74) is 4.02. The molecule has 0 radical (unpaired) electrons. The highest BCUT2D eigenvalue weighted by atomic mass is 32.1. The lowest BCUT2D eigenvalue weighted by atomic mass is 9.95. The van der Waals surface area contributed by atoms with Gasteiger partial charge in [0.05, 0.1) is 24.5 Å². The monoisotopic (exact) mass is 561 g/mol. The number of hydrogen-bond acceptors (Lipinski definition) is 7. The van der Waals surface area contributed by atoms with E-state index in [1.807, 2.05) is 31.4 Å². The molecule has 1 fully saturated rings. The molecule has 10 heteroatoms. The molecule has 2 aromatic heterocycles. The van der Waals surface area contributed by atoms with Crippen LogP contribution in [0.1, 0.15) is 64.4 Å². The van der Waals surface area contributed by atoms with Gasteiger partial charge in [-0.15, -0.1) is 11.3 Å². The molecule has 1 aliphatic carbocycles. The second kappa shape index (κ2) is 11.1. The quantitative estimate of drug-likeness (QED) is 0.239. The lowest BCUT2D eigenvalue weighted by Gasteiger charge is -2.26. The molecule has 0 unspecified atom stereocenters. The number of fused-ring (bicyclic) bond motifs is 1. The van der Waals surface area contributed by atoms with Crippen molar-refractivity contribution in [1.82, 2.24) is 9.88 Å². The number of carbonyl (C=O) groups is 4. The highest BCUT2D eigenvalue weighted by Gasteiger charge is 2.37. The second-order valence-corrected chi connectivity index (χ2v) is 10.7. The summed E-state index contributed by atoms with van der Waals surface area (Å²) in [5, 5.41) is 3.06. The van der Waals surface area contributed by atoms with Gasteiger partial charge in [0.25, 0.3) is 11.8 Å². The molecule has 1 saturated heterocycles. The fraction of sp³-hybridized carbons (Fsp3) is 0.333. The molecule has 4 amide bonds. The largest absolute Gasteiger partial charge is 0.494 e. The van der Waals surface area contributed by atoms with E-state index in [4.69, 9.17) is 9.47 Å². The van der Waals surface area contributed by atoms with Crippen LogP contribution in [0.4, 0.5) is 10.5 Å². The molecule has 0 bridgehead atoms. The van der Waals surface area contributed by atoms with Crippen LogP contribution in [0.15, 0.2) is 35.9 Å². The molecule has 1 N–H and O–H groups in total. The molecule has 0 saturated carbocycles. The first-order valence-electron chi connectivity index (χ1n) is 13.4. The van der Waals surface area contributed by atoms with Crippen molar-refractivity contribution in [3.63, 3.8) is 0 Å². The van der Waals surface area contributed by atoms with E-state index in [0.717, 1.165) is 52.5 Å². The molecule has 3 aromatic rings. The number of thiophene rings is 1. The van der Waals surface area contributed by atoms with Gasteiger partial charge < -0.3 is 14.0 Å². The van der Waals surface area contributed by atoms with E-state index >= 15 is 0 Å². The maximum atomic E-state index is 13.5. The number of anilines is 1. The Morgan fingerprint density at radius 2 is 1.85 bits per heavy atom. The maximum Gasteiger partial charge on any atom is 0.341 e. The van der Waals surface area contributed by atoms with Crippen LogP contribution in [0.25, 0.3) is 11.1 Å². The molecule has 3 heterocycles. The number of amides is 4. The Balaban J connectivity index is 1.57. The van der Waals surface area contributed by atoms with Crippen molar-refractivity contribution < 1.29 is 28.7 Å². The van der Waals surface area contributed by atoms with Crippen LogP contribution in [0.3, 0.4) is 0 Å². The van der Waals surface area contributed by atoms with Gasteiger partial charge in [-0.05, 0) is 88.8 Å². The Kier molecular flexibility index (Phi) is 7.62. The summed E-state index contributed by atoms with van der Waals surface area (Å²) < 4.78 is 12.9. The fourth-order valence-corrected chi connectivity index (χ4v) is 6.78. The van der Waals surface area contributed by atoms with Crippen LogP contribution >= 0.6 is 11.3 Å². The number of nitrogens with one attached hydrogen (secondary N) is 1. The van der Waals surface area contributed by atoms with Gasteiger partial charge in [-0.2, -0.15) is 0 Å². The number of ether oxygens (including phenoxy) is 2. The molecular formula is C30H31N3O6S. The van der Waals surface area contributed by atoms with Crippen LogP contribution < -0.4 is 15.0 Å². The number of carbonyl (C=O) groups excluding carboxylic acids is 4. The molecular weight excluding hydrogens is 530 g/mol. The fourth-order valence-electron chi connectivity index (χ4n) is 5.30. The van der Waals surface area contributed by atoms with Crippen LogP contribution in [0, 0.1) is 13.8 Å². The molecule has 5 rings (SSSR count). The third kappa shape index (κ3) is 4.83. The van der Waals surface area contributed by atoms with Gasteiger partial charge in [-0.1, -0.05) is 6.07 Å². The van der Waals surface area contributed by atoms with Crippen LogP contribution in [-0.4, -0.2) is 41.6 Å². The Bertz CT molecular complexity index is 1560. The number of imide groups is 2. The highest BCUT2D eigenvalue weighted by molar-refractivity contribution is 7.15. The Hall–Kier alpha value is -4.18. The van der Waals surface area contributed by atoms with E-state index in [2.05, 4.69) is 5.32 Å². The molecule has 0 atom stereocenters. The number of rotatable bonds is 7. The summed E-state index contributed by atoms with van der Waals surface area (Å²) in [5.74, 6) is -1.33. The summed E-state index contributed by atoms with van der Waals surface area (Å²) in [7, 11) is 0. The van der Waals surface area contributed by atoms with Gasteiger partial charge in [-0.3, -0.25) is 14.9 Å². The minimum Gasteiger partial charge on any atom is -0.494 e. The Morgan fingerprint density at radius 1 is 1.07 bits per heavy atom. The van der Waals surface area contributed by atoms with Crippen molar-refractivity contribution in [2.75, 3.05) is 18.1 Å². The van der Waals surface area contributed by atoms with Crippen molar-refractivity contribution in [3.8, 4) is 10.8 Å². The van der Waals surface area contributed by atoms with Gasteiger partial charge >= 0.3 is 12.0 Å². The first kappa shape index (κ1) is 27.4. The zero-order valence-electron chi connectivity index (χ0n) is 23.0. The van der Waals surface area contributed by atoms with Gasteiger partial charge in [0, 0.05) is 22.3 Å². The van der Waals surface area contributed by atoms with Gasteiger partial charge in [0.2, 0.25) is 0 Å². The van der Waals surface area contributed by atoms with Gasteiger partial charge in [0.15, 0.2) is 0 Å². The van der Waals surface area contributed by atoms with Crippen LogP contribution in [0.5, 0.6) is 5.75 Å². The van der Waals surface area contributed by atoms with E-state index in [-0.39, 0.29) is 18.1 Å². The van der Waals surface area contributed by atoms with E-state index in [0.29, 0.717) is 29.2 Å². The minimum absolute atomic E-state index is 0.169. The zero-order chi connectivity index (χ0) is 28.6. The summed E-state index contributed by atoms with van der Waals surface area (Å²) in [4.78, 5) is 54.3. The van der Waals surface area contributed by atoms with Crippen molar-refractivity contribution in [3.05, 3.63) is 68.9 Å². The molecule has 40 heavy (non-hydrogen) atoms.